The van der Waals surface area contributed by atoms with Crippen LogP contribution in [0.25, 0.3) is 5.65 Å². The van der Waals surface area contributed by atoms with Crippen molar-refractivity contribution in [2.45, 2.75) is 6.42 Å². The van der Waals surface area contributed by atoms with Gasteiger partial charge in [0, 0.05) is 49.6 Å². The smallest absolute Gasteiger partial charge is 0.368 e. The van der Waals surface area contributed by atoms with Crippen LogP contribution in [-0.2, 0) is 0 Å². The van der Waals surface area contributed by atoms with E-state index < -0.39 is 4.92 Å². The molecule has 29 heavy (non-hydrogen) atoms. The van der Waals surface area contributed by atoms with E-state index in [2.05, 4.69) is 20.3 Å². The highest BCUT2D eigenvalue weighted by Gasteiger charge is 2.24. The van der Waals surface area contributed by atoms with E-state index in [0.717, 1.165) is 43.2 Å². The van der Waals surface area contributed by atoms with Crippen molar-refractivity contribution in [3.05, 3.63) is 46.6 Å². The second-order valence-corrected chi connectivity index (χ2v) is 6.91. The summed E-state index contributed by atoms with van der Waals surface area (Å²) in [6.07, 6.45) is 2.24. The van der Waals surface area contributed by atoms with Gasteiger partial charge in [-0.1, -0.05) is 9.61 Å². The standard InChI is InChI=1S/C19H22N6O4/c1-28-15-7-14(8-16(9-15)29-2)23-6-5-13(12-23)10-20-17-3-4-18-21-11-19(25(26)27)24(18)22-17/h3-4,7-9,11,13H,5-6,10,12H2,1-2H3,(H,20,22). The van der Waals surface area contributed by atoms with Crippen LogP contribution in [0.3, 0.4) is 0 Å². The van der Waals surface area contributed by atoms with Gasteiger partial charge in [-0.2, -0.15) is 0 Å². The average molecular weight is 398 g/mol. The Morgan fingerprint density at radius 2 is 2.00 bits per heavy atom. The van der Waals surface area contributed by atoms with Crippen LogP contribution in [0.15, 0.2) is 36.5 Å². The Morgan fingerprint density at radius 1 is 1.24 bits per heavy atom. The number of fused-ring (bicyclic) bond motifs is 1. The van der Waals surface area contributed by atoms with Gasteiger partial charge in [0.1, 0.15) is 17.7 Å². The fourth-order valence-electron chi connectivity index (χ4n) is 3.54. The second kappa shape index (κ2) is 7.82. The molecule has 1 aromatic carbocycles. The molecule has 1 aliphatic heterocycles. The Kier molecular flexibility index (Phi) is 5.07. The van der Waals surface area contributed by atoms with Gasteiger partial charge < -0.3 is 29.8 Å². The van der Waals surface area contributed by atoms with E-state index in [1.807, 2.05) is 18.2 Å². The highest BCUT2D eigenvalue weighted by Crippen LogP contribution is 2.31. The summed E-state index contributed by atoms with van der Waals surface area (Å²) in [6.45, 7) is 2.54. The first-order valence-corrected chi connectivity index (χ1v) is 9.28. The summed E-state index contributed by atoms with van der Waals surface area (Å²) in [7, 11) is 3.29. The number of methoxy groups -OCH3 is 2. The van der Waals surface area contributed by atoms with Crippen LogP contribution in [0.4, 0.5) is 17.3 Å². The van der Waals surface area contributed by atoms with Crippen LogP contribution in [0, 0.1) is 16.0 Å². The molecule has 1 unspecified atom stereocenters. The molecule has 0 saturated carbocycles. The molecule has 3 heterocycles. The van der Waals surface area contributed by atoms with Crippen molar-refractivity contribution in [1.82, 2.24) is 14.6 Å². The summed E-state index contributed by atoms with van der Waals surface area (Å²) in [4.78, 5) is 16.9. The van der Waals surface area contributed by atoms with Crippen molar-refractivity contribution < 1.29 is 14.4 Å². The maximum Gasteiger partial charge on any atom is 0.368 e. The van der Waals surface area contributed by atoms with Crippen molar-refractivity contribution in [3.63, 3.8) is 0 Å². The Hall–Kier alpha value is -3.56. The van der Waals surface area contributed by atoms with Crippen LogP contribution < -0.4 is 19.7 Å². The first-order valence-electron chi connectivity index (χ1n) is 9.28. The fourth-order valence-corrected chi connectivity index (χ4v) is 3.54. The predicted molar refractivity (Wildman–Crippen MR) is 108 cm³/mol. The first kappa shape index (κ1) is 18.8. The van der Waals surface area contributed by atoms with Gasteiger partial charge >= 0.3 is 5.82 Å². The average Bonchev–Trinajstić information content (AvgIpc) is 3.38. The molecule has 10 nitrogen and oxygen atoms in total. The molecule has 2 aromatic heterocycles. The lowest BCUT2D eigenvalue weighted by atomic mass is 10.1. The zero-order valence-electron chi connectivity index (χ0n) is 16.2. The molecule has 1 atom stereocenters. The Bertz CT molecular complexity index is 1010. The van der Waals surface area contributed by atoms with Gasteiger partial charge in [-0.25, -0.2) is 4.98 Å². The zero-order chi connectivity index (χ0) is 20.4. The molecule has 0 radical (unpaired) electrons. The second-order valence-electron chi connectivity index (χ2n) is 6.91. The number of nitro groups is 1. The van der Waals surface area contributed by atoms with Crippen molar-refractivity contribution >= 4 is 23.0 Å². The largest absolute Gasteiger partial charge is 0.497 e. The number of anilines is 2. The van der Waals surface area contributed by atoms with Gasteiger partial charge in [0.15, 0.2) is 5.82 Å². The van der Waals surface area contributed by atoms with E-state index in [-0.39, 0.29) is 5.82 Å². The quantitative estimate of drug-likeness (QED) is 0.478. The topological polar surface area (TPSA) is 107 Å². The Labute approximate surface area is 167 Å². The van der Waals surface area contributed by atoms with Crippen molar-refractivity contribution in [2.75, 3.05) is 44.1 Å². The Balaban J connectivity index is 1.41. The molecule has 0 spiro atoms. The van der Waals surface area contributed by atoms with E-state index >= 15 is 0 Å². The summed E-state index contributed by atoms with van der Waals surface area (Å²) >= 11 is 0. The predicted octanol–water partition coefficient (Wildman–Crippen LogP) is 2.59. The highest BCUT2D eigenvalue weighted by atomic mass is 16.6. The summed E-state index contributed by atoms with van der Waals surface area (Å²) in [6, 6.07) is 9.37. The maximum atomic E-state index is 11.1. The number of nitrogens with zero attached hydrogens (tertiary/aromatic N) is 5. The summed E-state index contributed by atoms with van der Waals surface area (Å²) in [5.74, 6) is 2.38. The molecular formula is C19H22N6O4. The SMILES string of the molecule is COc1cc(OC)cc(N2CCC(CNc3ccc4ncc([N+](=O)[O-])n4n3)C2)c1. The third-order valence-corrected chi connectivity index (χ3v) is 5.09. The molecule has 152 valence electrons. The van der Waals surface area contributed by atoms with Crippen LogP contribution in [-0.4, -0.2) is 53.4 Å². The van der Waals surface area contributed by atoms with E-state index in [1.165, 1.54) is 10.7 Å². The zero-order valence-corrected chi connectivity index (χ0v) is 16.2. The van der Waals surface area contributed by atoms with Gasteiger partial charge in [0.2, 0.25) is 5.65 Å². The number of rotatable bonds is 7. The molecule has 1 aliphatic rings. The minimum absolute atomic E-state index is 0.150. The van der Waals surface area contributed by atoms with Gasteiger partial charge in [-0.05, 0) is 23.3 Å². The molecule has 3 aromatic rings. The number of imidazole rings is 1. The molecule has 10 heteroatoms. The maximum absolute atomic E-state index is 11.1. The minimum atomic E-state index is -0.492. The summed E-state index contributed by atoms with van der Waals surface area (Å²) in [5.41, 5.74) is 1.51. The molecule has 1 N–H and O–H groups in total. The molecule has 1 saturated heterocycles. The van der Waals surface area contributed by atoms with Gasteiger partial charge in [-0.15, -0.1) is 0 Å². The lowest BCUT2D eigenvalue weighted by Gasteiger charge is -2.20. The number of aromatic nitrogens is 3. The van der Waals surface area contributed by atoms with Crippen LogP contribution in [0.1, 0.15) is 6.42 Å². The van der Waals surface area contributed by atoms with Gasteiger partial charge in [0.05, 0.1) is 14.2 Å². The van der Waals surface area contributed by atoms with E-state index in [0.29, 0.717) is 17.4 Å². The van der Waals surface area contributed by atoms with Crippen LogP contribution >= 0.6 is 0 Å². The van der Waals surface area contributed by atoms with Crippen molar-refractivity contribution in [2.24, 2.45) is 5.92 Å². The summed E-state index contributed by atoms with van der Waals surface area (Å²) < 4.78 is 12.0. The van der Waals surface area contributed by atoms with Gasteiger partial charge in [0.25, 0.3) is 0 Å². The normalized spacial score (nSPS) is 16.2. The third kappa shape index (κ3) is 3.86. The fraction of sp³-hybridized carbons (Fsp3) is 0.368. The lowest BCUT2D eigenvalue weighted by Crippen LogP contribution is -2.22. The number of hydrogen-bond acceptors (Lipinski definition) is 8. The van der Waals surface area contributed by atoms with E-state index in [1.54, 1.807) is 26.4 Å². The highest BCUT2D eigenvalue weighted by molar-refractivity contribution is 5.56. The van der Waals surface area contributed by atoms with Crippen LogP contribution in [0.5, 0.6) is 11.5 Å². The molecule has 4 rings (SSSR count). The monoisotopic (exact) mass is 398 g/mol. The molecular weight excluding hydrogens is 376 g/mol. The lowest BCUT2D eigenvalue weighted by molar-refractivity contribution is -0.391. The van der Waals surface area contributed by atoms with Crippen molar-refractivity contribution in [3.8, 4) is 11.5 Å². The molecule has 0 aliphatic carbocycles. The van der Waals surface area contributed by atoms with E-state index in [9.17, 15) is 10.1 Å². The summed E-state index contributed by atoms with van der Waals surface area (Å²) in [5, 5.41) is 18.7. The molecule has 1 fully saturated rings. The van der Waals surface area contributed by atoms with E-state index in [4.69, 9.17) is 9.47 Å². The minimum Gasteiger partial charge on any atom is -0.497 e. The third-order valence-electron chi connectivity index (χ3n) is 5.09. The van der Waals surface area contributed by atoms with Gasteiger partial charge in [-0.3, -0.25) is 0 Å². The van der Waals surface area contributed by atoms with Crippen molar-refractivity contribution in [1.29, 1.82) is 0 Å². The number of nitrogens with one attached hydrogen (secondary N) is 1. The first-order chi connectivity index (χ1) is 14.1. The Morgan fingerprint density at radius 3 is 2.69 bits per heavy atom. The van der Waals surface area contributed by atoms with Crippen LogP contribution in [0.2, 0.25) is 0 Å². The molecule has 0 amide bonds. The number of hydrogen-bond donors (Lipinski definition) is 1. The molecule has 0 bridgehead atoms. The number of benzene rings is 1. The number of ether oxygens (including phenoxy) is 2.